The van der Waals surface area contributed by atoms with E-state index < -0.39 is 12.3 Å². The van der Waals surface area contributed by atoms with Crippen molar-refractivity contribution >= 4 is 28.3 Å². The lowest BCUT2D eigenvalue weighted by Gasteiger charge is -2.31. The monoisotopic (exact) mass is 502 g/mol. The number of fused-ring (bicyclic) bond motifs is 1. The highest BCUT2D eigenvalue weighted by atomic mass is 32.1. The van der Waals surface area contributed by atoms with E-state index in [1.165, 1.54) is 0 Å². The molecule has 0 unspecified atom stereocenters. The number of rotatable bonds is 7. The molecule has 1 saturated carbocycles. The number of imidazole rings is 1. The van der Waals surface area contributed by atoms with Crippen molar-refractivity contribution in [2.45, 2.75) is 64.1 Å². The Hall–Kier alpha value is -3.48. The molecule has 1 N–H and O–H groups in total. The molecule has 0 spiro atoms. The van der Waals surface area contributed by atoms with Gasteiger partial charge in [-0.3, -0.25) is 9.36 Å². The highest BCUT2D eigenvalue weighted by molar-refractivity contribution is 7.13. The molecule has 1 aliphatic carbocycles. The number of alkyl halides is 2. The van der Waals surface area contributed by atoms with Gasteiger partial charge in [0.2, 0.25) is 0 Å². The molecule has 0 radical (unpaired) electrons. The maximum atomic E-state index is 12.9. The summed E-state index contributed by atoms with van der Waals surface area (Å²) in [5, 5.41) is 10.9. The number of pyridine rings is 1. The lowest BCUT2D eigenvalue weighted by Crippen LogP contribution is -2.39. The van der Waals surface area contributed by atoms with Crippen molar-refractivity contribution in [3.05, 3.63) is 40.7 Å². The van der Waals surface area contributed by atoms with E-state index in [1.54, 1.807) is 23.3 Å². The van der Waals surface area contributed by atoms with Crippen LogP contribution in [-0.2, 0) is 0 Å². The van der Waals surface area contributed by atoms with E-state index in [9.17, 15) is 13.6 Å². The lowest BCUT2D eigenvalue weighted by molar-refractivity contribution is 0.0919. The van der Waals surface area contributed by atoms with Crippen molar-refractivity contribution < 1.29 is 18.3 Å². The summed E-state index contributed by atoms with van der Waals surface area (Å²) < 4.78 is 35.5. The van der Waals surface area contributed by atoms with Gasteiger partial charge in [-0.05, 0) is 39.5 Å². The van der Waals surface area contributed by atoms with E-state index in [-0.39, 0.29) is 28.1 Å². The van der Waals surface area contributed by atoms with Gasteiger partial charge in [0.25, 0.3) is 18.3 Å². The van der Waals surface area contributed by atoms with Gasteiger partial charge >= 0.3 is 0 Å². The minimum absolute atomic E-state index is 0.00622. The minimum atomic E-state index is -2.64. The van der Waals surface area contributed by atoms with Crippen LogP contribution in [-0.4, -0.2) is 52.6 Å². The van der Waals surface area contributed by atoms with E-state index >= 15 is 0 Å². The number of halogens is 2. The van der Waals surface area contributed by atoms with Gasteiger partial charge in [-0.15, -0.1) is 16.4 Å². The van der Waals surface area contributed by atoms with Crippen LogP contribution >= 0.6 is 11.3 Å². The molecule has 35 heavy (non-hydrogen) atoms. The molecule has 10 nitrogen and oxygen atoms in total. The fourth-order valence-corrected chi connectivity index (χ4v) is 5.01. The first-order valence-electron chi connectivity index (χ1n) is 11.3. The Bertz CT molecular complexity index is 1320. The molecule has 184 valence electrons. The van der Waals surface area contributed by atoms with Gasteiger partial charge in [-0.1, -0.05) is 5.21 Å². The average Bonchev–Trinajstić information content (AvgIpc) is 3.57. The maximum absolute atomic E-state index is 12.9. The van der Waals surface area contributed by atoms with Crippen LogP contribution in [0.25, 0.3) is 16.9 Å². The summed E-state index contributed by atoms with van der Waals surface area (Å²) in [7, 11) is 0. The van der Waals surface area contributed by atoms with Crippen molar-refractivity contribution in [1.82, 2.24) is 39.8 Å². The number of thiazole rings is 1. The number of aromatic nitrogens is 7. The largest absolute Gasteiger partial charge is 0.462 e. The molecule has 4 aromatic heterocycles. The number of carbonyl (C=O) groups is 1. The van der Waals surface area contributed by atoms with Crippen molar-refractivity contribution in [2.24, 2.45) is 0 Å². The second kappa shape index (κ2) is 9.64. The van der Waals surface area contributed by atoms with Gasteiger partial charge in [-0.2, -0.15) is 4.98 Å². The fourth-order valence-electron chi connectivity index (χ4n) is 4.34. The van der Waals surface area contributed by atoms with Crippen LogP contribution in [0.1, 0.15) is 66.7 Å². The highest BCUT2D eigenvalue weighted by Gasteiger charge is 2.30. The minimum Gasteiger partial charge on any atom is -0.462 e. The average molecular weight is 503 g/mol. The molecule has 5 rings (SSSR count). The van der Waals surface area contributed by atoms with Gasteiger partial charge in [0.05, 0.1) is 35.1 Å². The second-order valence-electron chi connectivity index (χ2n) is 8.67. The van der Waals surface area contributed by atoms with E-state index in [4.69, 9.17) is 4.74 Å². The Morgan fingerprint density at radius 2 is 2.11 bits per heavy atom. The quantitative estimate of drug-likeness (QED) is 0.405. The van der Waals surface area contributed by atoms with Gasteiger partial charge < -0.3 is 10.1 Å². The molecule has 13 heteroatoms. The summed E-state index contributed by atoms with van der Waals surface area (Å²) >= 11 is 0.719. The third-order valence-corrected chi connectivity index (χ3v) is 6.81. The number of amides is 1. The van der Waals surface area contributed by atoms with Gasteiger partial charge in [0.15, 0.2) is 10.8 Å². The number of carbonyl (C=O) groups excluding carboxylic acids is 1. The van der Waals surface area contributed by atoms with Crippen molar-refractivity contribution in [1.29, 1.82) is 0 Å². The summed E-state index contributed by atoms with van der Waals surface area (Å²) in [6, 6.07) is 2.26. The SMILES string of the molecule is CC(C)Oc1nc2cnc(-n3ccnn3)cc2n1[C@@H]1CCC[C@H](NC(=O)c2ncc(C(F)F)s2)C1. The third-order valence-electron chi connectivity index (χ3n) is 5.81. The predicted molar refractivity (Wildman–Crippen MR) is 124 cm³/mol. The predicted octanol–water partition coefficient (Wildman–Crippen LogP) is 4.11. The highest BCUT2D eigenvalue weighted by Crippen LogP contribution is 2.36. The van der Waals surface area contributed by atoms with Crippen LogP contribution in [0.3, 0.4) is 0 Å². The molecule has 4 aromatic rings. The van der Waals surface area contributed by atoms with Crippen LogP contribution in [0.15, 0.2) is 30.9 Å². The molecule has 0 aromatic carbocycles. The number of hydrogen-bond acceptors (Lipinski definition) is 8. The molecular weight excluding hydrogens is 478 g/mol. The van der Waals surface area contributed by atoms with Crippen molar-refractivity contribution in [3.63, 3.8) is 0 Å². The summed E-state index contributed by atoms with van der Waals surface area (Å²) in [5.41, 5.74) is 1.54. The van der Waals surface area contributed by atoms with Crippen LogP contribution in [0, 0.1) is 0 Å². The van der Waals surface area contributed by atoms with E-state index in [2.05, 4.69) is 35.1 Å². The Morgan fingerprint density at radius 1 is 1.26 bits per heavy atom. The van der Waals surface area contributed by atoms with Gasteiger partial charge in [0.1, 0.15) is 5.52 Å². The van der Waals surface area contributed by atoms with Crippen LogP contribution < -0.4 is 10.1 Å². The van der Waals surface area contributed by atoms with Crippen LogP contribution in [0.5, 0.6) is 6.01 Å². The topological polar surface area (TPSA) is 113 Å². The van der Waals surface area contributed by atoms with E-state index in [1.807, 2.05) is 19.9 Å². The van der Waals surface area contributed by atoms with Crippen molar-refractivity contribution in [3.8, 4) is 11.8 Å². The number of nitrogens with zero attached hydrogens (tertiary/aromatic N) is 7. The molecule has 2 atom stereocenters. The molecule has 1 fully saturated rings. The summed E-state index contributed by atoms with van der Waals surface area (Å²) in [4.78, 5) is 25.4. The number of ether oxygens (including phenoxy) is 1. The number of hydrogen-bond donors (Lipinski definition) is 1. The summed E-state index contributed by atoms with van der Waals surface area (Å²) in [6.45, 7) is 3.88. The molecule has 4 heterocycles. The lowest BCUT2D eigenvalue weighted by atomic mass is 9.90. The maximum Gasteiger partial charge on any atom is 0.297 e. The van der Waals surface area contributed by atoms with E-state index in [0.717, 1.165) is 42.3 Å². The van der Waals surface area contributed by atoms with Gasteiger partial charge in [-0.25, -0.2) is 23.4 Å². The normalized spacial score (nSPS) is 18.5. The molecule has 1 aliphatic rings. The smallest absolute Gasteiger partial charge is 0.297 e. The molecule has 1 amide bonds. The first-order chi connectivity index (χ1) is 16.9. The Kier molecular flexibility index (Phi) is 6.41. The zero-order valence-corrected chi connectivity index (χ0v) is 20.0. The molecular formula is C22H24F2N8O2S. The van der Waals surface area contributed by atoms with Crippen LogP contribution in [0.4, 0.5) is 8.78 Å². The summed E-state index contributed by atoms with van der Waals surface area (Å²) in [5.74, 6) is 0.172. The number of nitrogens with one attached hydrogen (secondary N) is 1. The summed E-state index contributed by atoms with van der Waals surface area (Å²) in [6.07, 6.45) is 6.48. The Morgan fingerprint density at radius 3 is 2.83 bits per heavy atom. The fraction of sp³-hybridized carbons (Fsp3) is 0.455. The zero-order chi connectivity index (χ0) is 24.5. The first-order valence-corrected chi connectivity index (χ1v) is 12.2. The van der Waals surface area contributed by atoms with Gasteiger partial charge in [0, 0.05) is 24.3 Å². The Balaban J connectivity index is 1.42. The first kappa shape index (κ1) is 23.3. The second-order valence-corrected chi connectivity index (χ2v) is 9.73. The molecule has 0 saturated heterocycles. The standard InChI is InChI=1S/C22H24F2N8O2S/c1-12(2)34-22-29-15-10-25-18(31-7-6-27-30-31)9-16(15)32(22)14-5-3-4-13(8-14)28-20(33)21-26-11-17(35-21)19(23)24/h6-7,9-14,19H,3-5,8H2,1-2H3,(H,28,33)/t13-,14+/m0/s1. The Labute approximate surface area is 203 Å². The third kappa shape index (κ3) is 4.85. The van der Waals surface area contributed by atoms with E-state index in [0.29, 0.717) is 23.8 Å². The zero-order valence-electron chi connectivity index (χ0n) is 19.1. The molecule has 0 aliphatic heterocycles. The molecule has 0 bridgehead atoms. The van der Waals surface area contributed by atoms with Crippen molar-refractivity contribution in [2.75, 3.05) is 0 Å². The van der Waals surface area contributed by atoms with Crippen LogP contribution in [0.2, 0.25) is 0 Å².